The number of H-pyrrole nitrogens is 1. The van der Waals surface area contributed by atoms with Gasteiger partial charge in [0.25, 0.3) is 0 Å². The van der Waals surface area contributed by atoms with Gasteiger partial charge in [0.05, 0.1) is 36.3 Å². The molecule has 53 heavy (non-hydrogen) atoms. The number of nitrogens with one attached hydrogen (secondary N) is 2. The maximum absolute atomic E-state index is 12.9. The number of likely N-dealkylation sites (tertiary alicyclic amines) is 1. The number of carboxylic acids is 1. The third-order valence-corrected chi connectivity index (χ3v) is 10.6. The molecule has 0 saturated carbocycles. The van der Waals surface area contributed by atoms with E-state index in [2.05, 4.69) is 28.2 Å². The molecular weight excluding hydrogens is 672 g/mol. The number of carbonyl (C=O) groups excluding carboxylic acids is 1. The largest absolute Gasteiger partial charge is 0.481 e. The molecular formula is C42H46N4O7. The molecule has 276 valence electrons. The van der Waals surface area contributed by atoms with E-state index in [0.29, 0.717) is 6.54 Å². The van der Waals surface area contributed by atoms with E-state index in [1.807, 2.05) is 95.6 Å². The number of imidazole rings is 1. The lowest BCUT2D eigenvalue weighted by Crippen LogP contribution is -2.47. The Morgan fingerprint density at radius 1 is 0.849 bits per heavy atom. The monoisotopic (exact) mass is 718 g/mol. The summed E-state index contributed by atoms with van der Waals surface area (Å²) in [5.41, 5.74) is 7.36. The number of para-hydroxylation sites is 2. The lowest BCUT2D eigenvalue weighted by atomic mass is 9.89. The summed E-state index contributed by atoms with van der Waals surface area (Å²) in [5, 5.41) is 21.4. The summed E-state index contributed by atoms with van der Waals surface area (Å²) in [7, 11) is 0. The zero-order chi connectivity index (χ0) is 36.9. The first-order chi connectivity index (χ1) is 25.7. The van der Waals surface area contributed by atoms with Crippen LogP contribution in [0.5, 0.6) is 0 Å². The van der Waals surface area contributed by atoms with Crippen LogP contribution in [0.15, 0.2) is 102 Å². The van der Waals surface area contributed by atoms with Crippen LogP contribution in [-0.2, 0) is 32.2 Å². The number of hydrogen-bond donors (Lipinski definition) is 4. The second kappa shape index (κ2) is 16.3. The van der Waals surface area contributed by atoms with Crippen molar-refractivity contribution in [1.29, 1.82) is 0 Å². The van der Waals surface area contributed by atoms with Crippen LogP contribution in [0.4, 0.5) is 0 Å². The van der Waals surface area contributed by atoms with E-state index < -0.39 is 12.3 Å². The van der Waals surface area contributed by atoms with Gasteiger partial charge in [-0.25, -0.2) is 4.79 Å². The molecule has 0 unspecified atom stereocenters. The highest BCUT2D eigenvalue weighted by Crippen LogP contribution is 2.43. The van der Waals surface area contributed by atoms with Crippen LogP contribution in [0.3, 0.4) is 0 Å². The highest BCUT2D eigenvalue weighted by atomic mass is 16.7. The molecule has 1 aromatic heterocycles. The van der Waals surface area contributed by atoms with Gasteiger partial charge in [-0.15, -0.1) is 0 Å². The fourth-order valence-electron chi connectivity index (χ4n) is 7.61. The number of piperidine rings is 1. The van der Waals surface area contributed by atoms with Gasteiger partial charge in [0, 0.05) is 50.1 Å². The molecule has 11 nitrogen and oxygen atoms in total. The van der Waals surface area contributed by atoms with E-state index in [0.717, 1.165) is 76.9 Å². The van der Waals surface area contributed by atoms with Crippen molar-refractivity contribution in [3.63, 3.8) is 0 Å². The molecule has 3 heterocycles. The van der Waals surface area contributed by atoms with E-state index >= 15 is 0 Å². The topological polar surface area (TPSA) is 146 Å². The number of carboxylic acid groups (broad SMARTS) is 1. The predicted molar refractivity (Wildman–Crippen MR) is 201 cm³/mol. The first-order valence-electron chi connectivity index (χ1n) is 18.4. The quantitative estimate of drug-likeness (QED) is 0.121. The smallest absolute Gasteiger partial charge is 0.326 e. The second-order valence-corrected chi connectivity index (χ2v) is 14.2. The van der Waals surface area contributed by atoms with Gasteiger partial charge in [0.15, 0.2) is 6.29 Å². The Morgan fingerprint density at radius 2 is 1.58 bits per heavy atom. The van der Waals surface area contributed by atoms with Crippen molar-refractivity contribution >= 4 is 22.9 Å². The number of nitrogens with zero attached hydrogens (tertiary/aromatic N) is 2. The highest BCUT2D eigenvalue weighted by Gasteiger charge is 2.40. The molecule has 4 atom stereocenters. The number of ether oxygens (including phenoxy) is 2. The van der Waals surface area contributed by atoms with Crippen molar-refractivity contribution in [2.24, 2.45) is 5.92 Å². The van der Waals surface area contributed by atoms with Crippen molar-refractivity contribution < 1.29 is 29.3 Å². The summed E-state index contributed by atoms with van der Waals surface area (Å²) in [6, 6.07) is 31.9. The summed E-state index contributed by atoms with van der Waals surface area (Å²) in [6.07, 6.45) is 0.452. The summed E-state index contributed by atoms with van der Waals surface area (Å²) >= 11 is 0. The van der Waals surface area contributed by atoms with Gasteiger partial charge >= 0.3 is 11.7 Å². The molecule has 7 rings (SSSR count). The van der Waals surface area contributed by atoms with Crippen LogP contribution < -0.4 is 11.0 Å². The minimum Gasteiger partial charge on any atom is -0.481 e. The molecule has 11 heteroatoms. The number of aromatic amines is 1. The molecule has 0 spiro atoms. The Hall–Kier alpha value is -5.07. The first-order valence-corrected chi connectivity index (χ1v) is 18.4. The molecule has 4 N–H and O–H groups in total. The second-order valence-electron chi connectivity index (χ2n) is 14.2. The number of aromatic nitrogens is 2. The van der Waals surface area contributed by atoms with Crippen LogP contribution in [0.2, 0.25) is 0 Å². The van der Waals surface area contributed by atoms with Gasteiger partial charge in [0.2, 0.25) is 5.91 Å². The van der Waals surface area contributed by atoms with E-state index in [-0.39, 0.29) is 55.2 Å². The first kappa shape index (κ1) is 36.3. The third kappa shape index (κ3) is 8.44. The number of aliphatic hydroxyl groups excluding tert-OH is 1. The molecule has 2 aliphatic rings. The Morgan fingerprint density at radius 3 is 2.34 bits per heavy atom. The lowest BCUT2D eigenvalue weighted by Gasteiger charge is -2.44. The Balaban J connectivity index is 1.08. The highest BCUT2D eigenvalue weighted by molar-refractivity contribution is 5.80. The van der Waals surface area contributed by atoms with Gasteiger partial charge in [-0.2, -0.15) is 0 Å². The lowest BCUT2D eigenvalue weighted by molar-refractivity contribution is -0.276. The van der Waals surface area contributed by atoms with Crippen LogP contribution in [0.25, 0.3) is 22.2 Å². The van der Waals surface area contributed by atoms with Crippen LogP contribution in [0, 0.1) is 5.92 Å². The summed E-state index contributed by atoms with van der Waals surface area (Å²) in [5.74, 6) is -1.27. The molecule has 2 aliphatic heterocycles. The van der Waals surface area contributed by atoms with Crippen LogP contribution in [0.1, 0.15) is 73.3 Å². The number of fused-ring (bicyclic) bond motifs is 1. The molecule has 0 aliphatic carbocycles. The Kier molecular flexibility index (Phi) is 11.2. The molecule has 1 amide bonds. The number of rotatable bonds is 12. The average molecular weight is 719 g/mol. The number of aliphatic carboxylic acids is 1. The molecule has 2 fully saturated rings. The van der Waals surface area contributed by atoms with E-state index in [1.54, 1.807) is 0 Å². The average Bonchev–Trinajstić information content (AvgIpc) is 3.53. The summed E-state index contributed by atoms with van der Waals surface area (Å²) in [6.45, 7) is 4.86. The van der Waals surface area contributed by atoms with Crippen LogP contribution in [-0.4, -0.2) is 62.3 Å². The molecule has 4 aromatic carbocycles. The standard InChI is InChI=1S/C42H46N4O7/c1-27-37(25-45-20-18-34(19-21-45)46-36-11-3-2-10-35(36)44-42(46)51)52-41(53-40(27)30-14-12-28(26-47)13-15-30)33-9-5-8-32(23-33)31-7-4-6-29(22-31)24-43-38(48)16-17-39(49)50/h2-15,22-23,27,34,37,40-41,47H,16-21,24-26H2,1H3,(H,43,48)(H,44,51)(H,49,50)/t27-,37+,40+,41+/m1/s1. The zero-order valence-electron chi connectivity index (χ0n) is 29.8. The maximum atomic E-state index is 12.9. The number of aliphatic hydroxyl groups is 1. The summed E-state index contributed by atoms with van der Waals surface area (Å²) in [4.78, 5) is 41.3. The van der Waals surface area contributed by atoms with Crippen LogP contribution >= 0.6 is 0 Å². The Labute approximate surface area is 308 Å². The van der Waals surface area contributed by atoms with Crippen molar-refractivity contribution in [2.45, 2.75) is 70.3 Å². The van der Waals surface area contributed by atoms with Gasteiger partial charge in [-0.1, -0.05) is 79.7 Å². The summed E-state index contributed by atoms with van der Waals surface area (Å²) < 4.78 is 15.5. The Bertz CT molecular complexity index is 2100. The normalized spacial score (nSPS) is 21.1. The molecule has 2 saturated heterocycles. The van der Waals surface area contributed by atoms with E-state index in [4.69, 9.17) is 14.6 Å². The van der Waals surface area contributed by atoms with Gasteiger partial charge in [-0.05, 0) is 64.9 Å². The van der Waals surface area contributed by atoms with Gasteiger partial charge < -0.3 is 34.9 Å². The number of benzene rings is 4. The van der Waals surface area contributed by atoms with Crippen molar-refractivity contribution in [1.82, 2.24) is 19.8 Å². The SMILES string of the molecule is C[C@@H]1[C@H](CN2CCC(n3c(=O)[nH]c4ccccc43)CC2)O[C@H](c2cccc(-c3cccc(CNC(=O)CCC(=O)O)c3)c2)O[C@@H]1c1ccc(CO)cc1. The minimum absolute atomic E-state index is 0.0264. The number of hydrogen-bond acceptors (Lipinski definition) is 7. The molecule has 5 aromatic rings. The predicted octanol–water partition coefficient (Wildman–Crippen LogP) is 6.10. The minimum atomic E-state index is -0.999. The number of amides is 1. The third-order valence-electron chi connectivity index (χ3n) is 10.6. The zero-order valence-corrected chi connectivity index (χ0v) is 29.8. The molecule has 0 radical (unpaired) electrons. The molecule has 0 bridgehead atoms. The van der Waals surface area contributed by atoms with Gasteiger partial charge in [-0.3, -0.25) is 14.2 Å². The number of carbonyl (C=O) groups is 2. The van der Waals surface area contributed by atoms with Crippen molar-refractivity contribution in [3.8, 4) is 11.1 Å². The van der Waals surface area contributed by atoms with E-state index in [9.17, 15) is 19.5 Å². The van der Waals surface area contributed by atoms with Crippen molar-refractivity contribution in [3.05, 3.63) is 130 Å². The fourth-order valence-corrected chi connectivity index (χ4v) is 7.61. The maximum Gasteiger partial charge on any atom is 0.326 e. The fraction of sp³-hybridized carbons (Fsp3) is 0.357. The van der Waals surface area contributed by atoms with E-state index in [1.165, 1.54) is 0 Å². The van der Waals surface area contributed by atoms with Crippen molar-refractivity contribution in [2.75, 3.05) is 19.6 Å². The van der Waals surface area contributed by atoms with Gasteiger partial charge in [0.1, 0.15) is 0 Å².